The Morgan fingerprint density at radius 1 is 1.23 bits per heavy atom. The van der Waals surface area contributed by atoms with Gasteiger partial charge in [-0.3, -0.25) is 4.79 Å². The number of halogens is 1. The number of amides is 1. The molecule has 0 saturated heterocycles. The molecule has 7 heteroatoms. The van der Waals surface area contributed by atoms with Gasteiger partial charge in [0.15, 0.2) is 11.5 Å². The molecule has 0 bridgehead atoms. The summed E-state index contributed by atoms with van der Waals surface area (Å²) in [6.45, 7) is 1.54. The highest BCUT2D eigenvalue weighted by Gasteiger charge is 2.19. The van der Waals surface area contributed by atoms with Crippen LogP contribution in [0.3, 0.4) is 0 Å². The van der Waals surface area contributed by atoms with Gasteiger partial charge in [0.25, 0.3) is 5.91 Å². The number of carbonyl (C=O) groups is 1. The van der Waals surface area contributed by atoms with E-state index in [0.29, 0.717) is 41.8 Å². The van der Waals surface area contributed by atoms with Crippen LogP contribution in [0.4, 0.5) is 0 Å². The summed E-state index contributed by atoms with van der Waals surface area (Å²) in [5, 5.41) is 4.54. The van der Waals surface area contributed by atoms with E-state index in [1.54, 1.807) is 12.1 Å². The molecule has 1 aromatic carbocycles. The van der Waals surface area contributed by atoms with Crippen LogP contribution in [0.15, 0.2) is 12.1 Å². The van der Waals surface area contributed by atoms with E-state index in [0.717, 1.165) is 19.3 Å². The molecule has 0 atom stereocenters. The molecule has 26 heavy (non-hydrogen) atoms. The summed E-state index contributed by atoms with van der Waals surface area (Å²) in [5.74, 6) is 0.895. The number of nitrogens with zero attached hydrogens (tertiary/aromatic N) is 1. The fourth-order valence-electron chi connectivity index (χ4n) is 3.30. The fraction of sp³-hybridized carbons (Fsp3) is 0.474. The minimum atomic E-state index is -0.151. The average Bonchev–Trinajstić information content (AvgIpc) is 3.08. The van der Waals surface area contributed by atoms with Gasteiger partial charge in [-0.25, -0.2) is 4.98 Å². The molecule has 4 rings (SSSR count). The van der Waals surface area contributed by atoms with E-state index in [1.165, 1.54) is 34.8 Å². The van der Waals surface area contributed by atoms with Crippen LogP contribution in [0.2, 0.25) is 5.02 Å². The maximum atomic E-state index is 12.4. The summed E-state index contributed by atoms with van der Waals surface area (Å²) in [6, 6.07) is 3.31. The number of aryl methyl sites for hydroxylation is 3. The first-order valence-corrected chi connectivity index (χ1v) is 10.2. The summed E-state index contributed by atoms with van der Waals surface area (Å²) in [4.78, 5) is 18.6. The largest absolute Gasteiger partial charge is 0.486 e. The highest BCUT2D eigenvalue weighted by atomic mass is 35.5. The van der Waals surface area contributed by atoms with Crippen LogP contribution in [0.25, 0.3) is 0 Å². The first-order valence-electron chi connectivity index (χ1n) is 9.05. The second kappa shape index (κ2) is 7.84. The molecular weight excluding hydrogens is 372 g/mol. The number of rotatable bonds is 5. The van der Waals surface area contributed by atoms with Crippen molar-refractivity contribution < 1.29 is 14.3 Å². The predicted molar refractivity (Wildman–Crippen MR) is 102 cm³/mol. The van der Waals surface area contributed by atoms with Gasteiger partial charge in [0.05, 0.1) is 15.7 Å². The SMILES string of the molecule is O=C(NCCCc1nc2c(s1)CCCC2)c1cc(Cl)c2c(c1)OCCO2. The lowest BCUT2D eigenvalue weighted by atomic mass is 10.0. The standard InChI is InChI=1S/C19H21ClN2O3S/c20-13-10-12(11-15-18(13)25-9-8-24-15)19(23)21-7-3-6-17-22-14-4-1-2-5-16(14)26-17/h10-11H,1-9H2,(H,21,23). The number of benzene rings is 1. The van der Waals surface area contributed by atoms with E-state index in [9.17, 15) is 4.79 Å². The Hall–Kier alpha value is -1.79. The van der Waals surface area contributed by atoms with Gasteiger partial charge in [0.1, 0.15) is 13.2 Å². The Bertz CT molecular complexity index is 798. The first kappa shape index (κ1) is 17.6. The van der Waals surface area contributed by atoms with Gasteiger partial charge in [-0.1, -0.05) is 11.6 Å². The van der Waals surface area contributed by atoms with Crippen molar-refractivity contribution in [3.63, 3.8) is 0 Å². The third kappa shape index (κ3) is 3.81. The quantitative estimate of drug-likeness (QED) is 0.786. The van der Waals surface area contributed by atoms with Crippen molar-refractivity contribution in [2.75, 3.05) is 19.8 Å². The van der Waals surface area contributed by atoms with Gasteiger partial charge in [0, 0.05) is 23.4 Å². The number of hydrogen-bond acceptors (Lipinski definition) is 5. The van der Waals surface area contributed by atoms with Gasteiger partial charge in [-0.2, -0.15) is 0 Å². The molecule has 5 nitrogen and oxygen atoms in total. The van der Waals surface area contributed by atoms with Crippen LogP contribution in [0, 0.1) is 0 Å². The van der Waals surface area contributed by atoms with Crippen molar-refractivity contribution in [1.29, 1.82) is 0 Å². The first-order chi connectivity index (χ1) is 12.7. The van der Waals surface area contributed by atoms with Crippen LogP contribution < -0.4 is 14.8 Å². The molecule has 0 fully saturated rings. The van der Waals surface area contributed by atoms with E-state index in [2.05, 4.69) is 5.32 Å². The summed E-state index contributed by atoms with van der Waals surface area (Å²) in [6.07, 6.45) is 6.60. The van der Waals surface area contributed by atoms with Crippen LogP contribution in [-0.2, 0) is 19.3 Å². The van der Waals surface area contributed by atoms with E-state index >= 15 is 0 Å². The fourth-order valence-corrected chi connectivity index (χ4v) is 4.76. The number of fused-ring (bicyclic) bond motifs is 2. The minimum Gasteiger partial charge on any atom is -0.486 e. The highest BCUT2D eigenvalue weighted by molar-refractivity contribution is 7.11. The maximum absolute atomic E-state index is 12.4. The minimum absolute atomic E-state index is 0.151. The Kier molecular flexibility index (Phi) is 5.31. The zero-order valence-electron chi connectivity index (χ0n) is 14.5. The Morgan fingerprint density at radius 2 is 2.08 bits per heavy atom. The molecule has 0 unspecified atom stereocenters. The van der Waals surface area contributed by atoms with Crippen molar-refractivity contribution >= 4 is 28.8 Å². The molecule has 1 amide bonds. The van der Waals surface area contributed by atoms with E-state index < -0.39 is 0 Å². The second-order valence-corrected chi connectivity index (χ2v) is 8.10. The molecule has 1 aromatic heterocycles. The second-order valence-electron chi connectivity index (χ2n) is 6.53. The van der Waals surface area contributed by atoms with Crippen LogP contribution in [0.5, 0.6) is 11.5 Å². The molecule has 0 radical (unpaired) electrons. The number of hydrogen-bond donors (Lipinski definition) is 1. The van der Waals surface area contributed by atoms with Crippen LogP contribution >= 0.6 is 22.9 Å². The lowest BCUT2D eigenvalue weighted by Gasteiger charge is -2.20. The summed E-state index contributed by atoms with van der Waals surface area (Å²) < 4.78 is 11.0. The van der Waals surface area contributed by atoms with Crippen molar-refractivity contribution in [2.45, 2.75) is 38.5 Å². The molecule has 2 aliphatic rings. The summed E-state index contributed by atoms with van der Waals surface area (Å²) >= 11 is 8.03. The highest BCUT2D eigenvalue weighted by Crippen LogP contribution is 2.38. The molecule has 1 N–H and O–H groups in total. The zero-order chi connectivity index (χ0) is 17.9. The topological polar surface area (TPSA) is 60.5 Å². The number of carbonyl (C=O) groups excluding carboxylic acids is 1. The Labute approximate surface area is 161 Å². The van der Waals surface area contributed by atoms with E-state index in [1.807, 2.05) is 11.3 Å². The van der Waals surface area contributed by atoms with Crippen molar-refractivity contribution in [3.05, 3.63) is 38.3 Å². The van der Waals surface area contributed by atoms with Crippen molar-refractivity contribution in [2.24, 2.45) is 0 Å². The monoisotopic (exact) mass is 392 g/mol. The predicted octanol–water partition coefficient (Wildman–Crippen LogP) is 3.81. The Morgan fingerprint density at radius 3 is 2.96 bits per heavy atom. The number of thiazole rings is 1. The molecule has 1 aliphatic heterocycles. The van der Waals surface area contributed by atoms with Crippen molar-refractivity contribution in [1.82, 2.24) is 10.3 Å². The molecular formula is C19H21ClN2O3S. The normalized spacial score (nSPS) is 15.4. The van der Waals surface area contributed by atoms with Crippen LogP contribution in [0.1, 0.15) is 45.2 Å². The molecule has 138 valence electrons. The molecule has 0 saturated carbocycles. The molecule has 2 heterocycles. The number of aromatic nitrogens is 1. The molecule has 2 aromatic rings. The maximum Gasteiger partial charge on any atom is 0.251 e. The number of nitrogens with one attached hydrogen (secondary N) is 1. The molecule has 0 spiro atoms. The smallest absolute Gasteiger partial charge is 0.251 e. The molecule has 1 aliphatic carbocycles. The lowest BCUT2D eigenvalue weighted by Crippen LogP contribution is -2.25. The van der Waals surface area contributed by atoms with Gasteiger partial charge < -0.3 is 14.8 Å². The lowest BCUT2D eigenvalue weighted by molar-refractivity contribution is 0.0952. The average molecular weight is 393 g/mol. The van der Waals surface area contributed by atoms with Gasteiger partial charge in [-0.15, -0.1) is 11.3 Å². The third-order valence-corrected chi connectivity index (χ3v) is 6.10. The summed E-state index contributed by atoms with van der Waals surface area (Å²) in [5.41, 5.74) is 1.79. The van der Waals surface area contributed by atoms with Crippen molar-refractivity contribution in [3.8, 4) is 11.5 Å². The van der Waals surface area contributed by atoms with Gasteiger partial charge >= 0.3 is 0 Å². The summed E-state index contributed by atoms with van der Waals surface area (Å²) in [7, 11) is 0. The zero-order valence-corrected chi connectivity index (χ0v) is 16.0. The van der Waals surface area contributed by atoms with Crippen LogP contribution in [-0.4, -0.2) is 30.6 Å². The number of ether oxygens (including phenoxy) is 2. The Balaban J connectivity index is 1.30. The van der Waals surface area contributed by atoms with E-state index in [-0.39, 0.29) is 5.91 Å². The van der Waals surface area contributed by atoms with Gasteiger partial charge in [-0.05, 0) is 44.2 Å². The van der Waals surface area contributed by atoms with Gasteiger partial charge in [0.2, 0.25) is 0 Å². The van der Waals surface area contributed by atoms with E-state index in [4.69, 9.17) is 26.1 Å². The third-order valence-electron chi connectivity index (χ3n) is 4.60.